The number of nitrogens with zero attached hydrogens (tertiary/aromatic N) is 6. The third kappa shape index (κ3) is 2.45. The summed E-state index contributed by atoms with van der Waals surface area (Å²) in [6, 6.07) is 1.89. The molecule has 21 heavy (non-hydrogen) atoms. The van der Waals surface area contributed by atoms with E-state index in [-0.39, 0.29) is 5.56 Å². The maximum atomic E-state index is 12.0. The number of rotatable bonds is 3. The van der Waals surface area contributed by atoms with Gasteiger partial charge in [0, 0.05) is 46.5 Å². The van der Waals surface area contributed by atoms with Crippen LogP contribution in [0.25, 0.3) is 0 Å². The first-order valence-electron chi connectivity index (χ1n) is 6.25. The van der Waals surface area contributed by atoms with Crippen molar-refractivity contribution in [2.24, 2.45) is 21.1 Å². The number of aromatic nitrogens is 4. The minimum Gasteiger partial charge on any atom is -0.355 e. The lowest BCUT2D eigenvalue weighted by Crippen LogP contribution is -2.41. The average Bonchev–Trinajstić information content (AvgIpc) is 2.85. The first kappa shape index (κ1) is 14.6. The molecule has 110 valence electrons. The Morgan fingerprint density at radius 3 is 2.48 bits per heavy atom. The highest BCUT2D eigenvalue weighted by Gasteiger charge is 2.19. The van der Waals surface area contributed by atoms with Crippen molar-refractivity contribution in [3.05, 3.63) is 44.4 Å². The second-order valence-electron chi connectivity index (χ2n) is 4.89. The molecular weight excluding hydrogens is 272 g/mol. The molecular formula is C13H16N6O2. The lowest BCUT2D eigenvalue weighted by atomic mass is 10.2. The molecule has 0 aliphatic heterocycles. The maximum absolute atomic E-state index is 12.0. The molecule has 2 aromatic rings. The van der Waals surface area contributed by atoms with Gasteiger partial charge in [0.15, 0.2) is 5.56 Å². The number of anilines is 1. The standard InChI is InChI=1S/C13H16N6O2/c1-16(7-9-6-15-17(2)8-9)11-10(5-14)12(20)19(4)13(21)18(11)3/h6,8H,7H2,1-4H3. The summed E-state index contributed by atoms with van der Waals surface area (Å²) in [6.07, 6.45) is 3.53. The maximum Gasteiger partial charge on any atom is 0.332 e. The Bertz CT molecular complexity index is 836. The predicted octanol–water partition coefficient (Wildman–Crippen LogP) is -0.674. The van der Waals surface area contributed by atoms with Crippen LogP contribution in [0.1, 0.15) is 11.1 Å². The Morgan fingerprint density at radius 2 is 1.95 bits per heavy atom. The molecule has 0 saturated carbocycles. The van der Waals surface area contributed by atoms with Gasteiger partial charge in [0.1, 0.15) is 11.9 Å². The Balaban J connectivity index is 2.55. The van der Waals surface area contributed by atoms with Crippen molar-refractivity contribution in [2.75, 3.05) is 11.9 Å². The van der Waals surface area contributed by atoms with Crippen LogP contribution < -0.4 is 16.1 Å². The monoisotopic (exact) mass is 288 g/mol. The van der Waals surface area contributed by atoms with Crippen LogP contribution >= 0.6 is 0 Å². The number of hydrogen-bond donors (Lipinski definition) is 0. The fourth-order valence-electron chi connectivity index (χ4n) is 2.28. The van der Waals surface area contributed by atoms with E-state index in [0.717, 1.165) is 10.1 Å². The third-order valence-corrected chi connectivity index (χ3v) is 3.29. The molecule has 0 amide bonds. The molecule has 8 heteroatoms. The van der Waals surface area contributed by atoms with E-state index in [1.165, 1.54) is 18.7 Å². The zero-order valence-corrected chi connectivity index (χ0v) is 12.4. The van der Waals surface area contributed by atoms with Crippen molar-refractivity contribution in [2.45, 2.75) is 6.54 Å². The highest BCUT2D eigenvalue weighted by atomic mass is 16.2. The molecule has 0 atom stereocenters. The van der Waals surface area contributed by atoms with Crippen LogP contribution in [0.2, 0.25) is 0 Å². The second kappa shape index (κ2) is 5.28. The van der Waals surface area contributed by atoms with E-state index < -0.39 is 11.2 Å². The summed E-state index contributed by atoms with van der Waals surface area (Å²) >= 11 is 0. The highest BCUT2D eigenvalue weighted by Crippen LogP contribution is 2.15. The Hall–Kier alpha value is -2.82. The van der Waals surface area contributed by atoms with Gasteiger partial charge >= 0.3 is 5.69 Å². The summed E-state index contributed by atoms with van der Waals surface area (Å²) < 4.78 is 3.90. The van der Waals surface area contributed by atoms with Crippen molar-refractivity contribution < 1.29 is 0 Å². The van der Waals surface area contributed by atoms with Gasteiger partial charge in [-0.25, -0.2) is 4.79 Å². The van der Waals surface area contributed by atoms with Gasteiger partial charge in [-0.1, -0.05) is 0 Å². The zero-order valence-electron chi connectivity index (χ0n) is 12.4. The highest BCUT2D eigenvalue weighted by molar-refractivity contribution is 5.53. The van der Waals surface area contributed by atoms with Crippen molar-refractivity contribution in [3.63, 3.8) is 0 Å². The van der Waals surface area contributed by atoms with Crippen LogP contribution in [0.4, 0.5) is 5.82 Å². The minimum absolute atomic E-state index is 0.0500. The zero-order chi connectivity index (χ0) is 15.7. The van der Waals surface area contributed by atoms with Gasteiger partial charge in [0.05, 0.1) is 6.20 Å². The van der Waals surface area contributed by atoms with Crippen molar-refractivity contribution >= 4 is 5.82 Å². The van der Waals surface area contributed by atoms with Gasteiger partial charge in [-0.2, -0.15) is 10.4 Å². The van der Waals surface area contributed by atoms with Crippen LogP contribution in [0.3, 0.4) is 0 Å². The SMILES string of the molecule is CN(Cc1cnn(C)c1)c1c(C#N)c(=O)n(C)c(=O)n1C. The molecule has 8 nitrogen and oxygen atoms in total. The minimum atomic E-state index is -0.589. The molecule has 0 aliphatic rings. The lowest BCUT2D eigenvalue weighted by Gasteiger charge is -2.22. The largest absolute Gasteiger partial charge is 0.355 e. The molecule has 0 aromatic carbocycles. The summed E-state index contributed by atoms with van der Waals surface area (Å²) in [7, 11) is 6.42. The molecule has 0 spiro atoms. The van der Waals surface area contributed by atoms with Gasteiger partial charge in [0.25, 0.3) is 5.56 Å². The smallest absolute Gasteiger partial charge is 0.332 e. The van der Waals surface area contributed by atoms with Crippen LogP contribution in [-0.4, -0.2) is 26.0 Å². The summed E-state index contributed by atoms with van der Waals surface area (Å²) in [4.78, 5) is 25.7. The van der Waals surface area contributed by atoms with E-state index in [9.17, 15) is 14.9 Å². The van der Waals surface area contributed by atoms with Gasteiger partial charge in [-0.15, -0.1) is 0 Å². The summed E-state index contributed by atoms with van der Waals surface area (Å²) in [5, 5.41) is 13.3. The summed E-state index contributed by atoms with van der Waals surface area (Å²) in [6.45, 7) is 0.433. The molecule has 0 N–H and O–H groups in total. The van der Waals surface area contributed by atoms with E-state index in [1.807, 2.05) is 12.3 Å². The third-order valence-electron chi connectivity index (χ3n) is 3.29. The van der Waals surface area contributed by atoms with E-state index in [1.54, 1.807) is 29.9 Å². The molecule has 2 heterocycles. The van der Waals surface area contributed by atoms with Crippen molar-refractivity contribution in [1.29, 1.82) is 5.26 Å². The van der Waals surface area contributed by atoms with E-state index >= 15 is 0 Å². The Kier molecular flexibility index (Phi) is 3.67. The molecule has 0 unspecified atom stereocenters. The van der Waals surface area contributed by atoms with Gasteiger partial charge < -0.3 is 4.90 Å². The quantitative estimate of drug-likeness (QED) is 0.747. The molecule has 0 radical (unpaired) electrons. The van der Waals surface area contributed by atoms with Crippen LogP contribution in [-0.2, 0) is 27.7 Å². The van der Waals surface area contributed by atoms with Gasteiger partial charge in [0.2, 0.25) is 0 Å². The molecule has 0 saturated heterocycles. The normalized spacial score (nSPS) is 10.4. The number of nitriles is 1. The number of aryl methyl sites for hydroxylation is 1. The van der Waals surface area contributed by atoms with Crippen LogP contribution in [0.15, 0.2) is 22.0 Å². The first-order chi connectivity index (χ1) is 9.86. The fourth-order valence-corrected chi connectivity index (χ4v) is 2.28. The molecule has 0 bridgehead atoms. The van der Waals surface area contributed by atoms with Crippen molar-refractivity contribution in [1.82, 2.24) is 18.9 Å². The summed E-state index contributed by atoms with van der Waals surface area (Å²) in [5.41, 5.74) is -0.191. The van der Waals surface area contributed by atoms with Crippen molar-refractivity contribution in [3.8, 4) is 6.07 Å². The van der Waals surface area contributed by atoms with Crippen LogP contribution in [0.5, 0.6) is 0 Å². The van der Waals surface area contributed by atoms with E-state index in [4.69, 9.17) is 0 Å². The van der Waals surface area contributed by atoms with E-state index in [2.05, 4.69) is 5.10 Å². The Morgan fingerprint density at radius 1 is 1.29 bits per heavy atom. The fraction of sp³-hybridized carbons (Fsp3) is 0.385. The van der Waals surface area contributed by atoms with Gasteiger partial charge in [-0.3, -0.25) is 18.6 Å². The molecule has 0 aliphatic carbocycles. The Labute approximate surface area is 121 Å². The van der Waals surface area contributed by atoms with Gasteiger partial charge in [-0.05, 0) is 0 Å². The molecule has 2 rings (SSSR count). The average molecular weight is 288 g/mol. The topological polar surface area (TPSA) is 88.8 Å². The molecule has 2 aromatic heterocycles. The second-order valence-corrected chi connectivity index (χ2v) is 4.89. The first-order valence-corrected chi connectivity index (χ1v) is 6.25. The number of hydrogen-bond acceptors (Lipinski definition) is 5. The molecule has 0 fully saturated rings. The summed E-state index contributed by atoms with van der Waals surface area (Å²) in [5.74, 6) is 0.300. The lowest BCUT2D eigenvalue weighted by molar-refractivity contribution is 0.667. The predicted molar refractivity (Wildman–Crippen MR) is 77.0 cm³/mol. The van der Waals surface area contributed by atoms with Crippen LogP contribution in [0, 0.1) is 11.3 Å². The van der Waals surface area contributed by atoms with E-state index in [0.29, 0.717) is 12.4 Å².